The van der Waals surface area contributed by atoms with Crippen molar-refractivity contribution in [3.8, 4) is 23.2 Å². The number of methoxy groups -OCH3 is 1. The van der Waals surface area contributed by atoms with Gasteiger partial charge >= 0.3 is 0 Å². The molecule has 0 spiro atoms. The summed E-state index contributed by atoms with van der Waals surface area (Å²) in [6, 6.07) is 7.05. The number of aryl methyl sites for hydroxylation is 1. The van der Waals surface area contributed by atoms with Crippen molar-refractivity contribution in [1.82, 2.24) is 34.9 Å². The quantitative estimate of drug-likeness (QED) is 0.463. The molecule has 0 aliphatic carbocycles. The summed E-state index contributed by atoms with van der Waals surface area (Å²) in [5.74, 6) is -0.0792. The SMILES string of the molecule is COc1ccc2c(-c3cnc4[nH]cc(C(=O)NC(C)C(=O)N5CC(C#N)C5)c4n3)nn(C)c2c1. The Bertz CT molecular complexity index is 1470. The van der Waals surface area contributed by atoms with E-state index in [9.17, 15) is 9.59 Å². The molecular formula is C23H22N8O3. The summed E-state index contributed by atoms with van der Waals surface area (Å²) in [5, 5.41) is 17.1. The number of aromatic amines is 1. The highest BCUT2D eigenvalue weighted by Gasteiger charge is 2.33. The fraction of sp³-hybridized carbons (Fsp3) is 0.304. The van der Waals surface area contributed by atoms with Crippen molar-refractivity contribution < 1.29 is 14.3 Å². The molecule has 4 aromatic rings. The zero-order chi connectivity index (χ0) is 24.0. The van der Waals surface area contributed by atoms with Crippen molar-refractivity contribution >= 4 is 33.9 Å². The number of H-pyrrole nitrogens is 1. The van der Waals surface area contributed by atoms with Gasteiger partial charge in [-0.1, -0.05) is 0 Å². The Morgan fingerprint density at radius 3 is 2.88 bits per heavy atom. The van der Waals surface area contributed by atoms with Gasteiger partial charge in [0.15, 0.2) is 5.65 Å². The summed E-state index contributed by atoms with van der Waals surface area (Å²) in [6.07, 6.45) is 3.13. The Labute approximate surface area is 194 Å². The number of benzene rings is 1. The Morgan fingerprint density at radius 1 is 1.35 bits per heavy atom. The minimum atomic E-state index is -0.733. The number of hydrogen-bond donors (Lipinski definition) is 2. The first-order chi connectivity index (χ1) is 16.4. The first-order valence-electron chi connectivity index (χ1n) is 10.7. The van der Waals surface area contributed by atoms with Gasteiger partial charge in [0.25, 0.3) is 5.91 Å². The highest BCUT2D eigenvalue weighted by atomic mass is 16.5. The summed E-state index contributed by atoms with van der Waals surface area (Å²) in [7, 11) is 3.44. The molecule has 34 heavy (non-hydrogen) atoms. The third-order valence-electron chi connectivity index (χ3n) is 6.02. The van der Waals surface area contributed by atoms with E-state index in [-0.39, 0.29) is 17.4 Å². The molecule has 0 saturated carbocycles. The molecule has 1 aromatic carbocycles. The minimum Gasteiger partial charge on any atom is -0.497 e. The highest BCUT2D eigenvalue weighted by Crippen LogP contribution is 2.30. The molecule has 2 amide bonds. The lowest BCUT2D eigenvalue weighted by atomic mass is 10.0. The Morgan fingerprint density at radius 2 is 2.15 bits per heavy atom. The number of carbonyl (C=O) groups is 2. The number of nitriles is 1. The summed E-state index contributed by atoms with van der Waals surface area (Å²) in [4.78, 5) is 39.1. The van der Waals surface area contributed by atoms with Crippen LogP contribution in [0.3, 0.4) is 0 Å². The second-order valence-corrected chi connectivity index (χ2v) is 8.27. The fourth-order valence-electron chi connectivity index (χ4n) is 4.08. The Kier molecular flexibility index (Phi) is 5.13. The minimum absolute atomic E-state index is 0.141. The van der Waals surface area contributed by atoms with Gasteiger partial charge in [-0.3, -0.25) is 14.3 Å². The summed E-state index contributed by atoms with van der Waals surface area (Å²) >= 11 is 0. The maximum Gasteiger partial charge on any atom is 0.255 e. The van der Waals surface area contributed by atoms with Gasteiger partial charge in [-0.15, -0.1) is 0 Å². The largest absolute Gasteiger partial charge is 0.497 e. The van der Waals surface area contributed by atoms with Crippen LogP contribution >= 0.6 is 0 Å². The molecule has 2 N–H and O–H groups in total. The van der Waals surface area contributed by atoms with Crippen molar-refractivity contribution in [2.75, 3.05) is 20.2 Å². The first-order valence-corrected chi connectivity index (χ1v) is 10.7. The number of ether oxygens (including phenoxy) is 1. The monoisotopic (exact) mass is 458 g/mol. The average molecular weight is 458 g/mol. The zero-order valence-corrected chi connectivity index (χ0v) is 18.9. The highest BCUT2D eigenvalue weighted by molar-refractivity contribution is 6.06. The van der Waals surface area contributed by atoms with Crippen molar-refractivity contribution in [2.24, 2.45) is 13.0 Å². The molecule has 1 aliphatic heterocycles. The lowest BCUT2D eigenvalue weighted by molar-refractivity contribution is -0.137. The Balaban J connectivity index is 1.43. The second kappa shape index (κ2) is 8.15. The van der Waals surface area contributed by atoms with E-state index in [0.29, 0.717) is 35.6 Å². The molecule has 1 unspecified atom stereocenters. The summed E-state index contributed by atoms with van der Waals surface area (Å²) in [5.41, 5.74) is 3.15. The summed E-state index contributed by atoms with van der Waals surface area (Å²) < 4.78 is 7.05. The molecule has 0 bridgehead atoms. The number of hydrogen-bond acceptors (Lipinski definition) is 7. The van der Waals surface area contributed by atoms with E-state index in [1.165, 1.54) is 6.20 Å². The van der Waals surface area contributed by atoms with E-state index in [1.54, 1.807) is 29.8 Å². The van der Waals surface area contributed by atoms with Gasteiger partial charge < -0.3 is 19.9 Å². The maximum absolute atomic E-state index is 13.0. The molecule has 1 atom stereocenters. The number of rotatable bonds is 5. The van der Waals surface area contributed by atoms with E-state index >= 15 is 0 Å². The van der Waals surface area contributed by atoms with Crippen molar-refractivity contribution in [3.05, 3.63) is 36.2 Å². The smallest absolute Gasteiger partial charge is 0.255 e. The topological polar surface area (TPSA) is 142 Å². The lowest BCUT2D eigenvalue weighted by Crippen LogP contribution is -2.55. The molecule has 1 aliphatic rings. The van der Waals surface area contributed by atoms with Gasteiger partial charge in [-0.05, 0) is 19.1 Å². The first kappa shape index (κ1) is 21.4. The van der Waals surface area contributed by atoms with Crippen LogP contribution in [0, 0.1) is 17.2 Å². The third-order valence-corrected chi connectivity index (χ3v) is 6.02. The number of nitrogens with one attached hydrogen (secondary N) is 2. The van der Waals surface area contributed by atoms with Crippen LogP contribution < -0.4 is 10.1 Å². The number of amides is 2. The van der Waals surface area contributed by atoms with Gasteiger partial charge in [0.05, 0.1) is 36.4 Å². The maximum atomic E-state index is 13.0. The van der Waals surface area contributed by atoms with E-state index in [2.05, 4.69) is 31.4 Å². The van der Waals surface area contributed by atoms with Crippen LogP contribution in [0.1, 0.15) is 17.3 Å². The zero-order valence-electron chi connectivity index (χ0n) is 18.9. The standard InChI is InChI=1S/C23H22N8O3/c1-12(23(33)31-10-13(7-24)11-31)27-22(32)16-8-25-21-20(16)28-17(9-26-21)19-15-5-4-14(34-3)6-18(15)30(2)29-19/h4-6,8-9,12-13H,10-11H2,1-3H3,(H,25,26)(H,27,32). The van der Waals surface area contributed by atoms with Crippen LogP contribution in [-0.2, 0) is 11.8 Å². The van der Waals surface area contributed by atoms with Crippen LogP contribution in [0.25, 0.3) is 33.5 Å². The molecule has 1 saturated heterocycles. The molecule has 5 rings (SSSR count). The number of likely N-dealkylation sites (tertiary alicyclic amines) is 1. The third kappa shape index (κ3) is 3.49. The second-order valence-electron chi connectivity index (χ2n) is 8.27. The van der Waals surface area contributed by atoms with E-state index in [1.807, 2.05) is 25.2 Å². The fourth-order valence-corrected chi connectivity index (χ4v) is 4.08. The van der Waals surface area contributed by atoms with Crippen LogP contribution in [0.15, 0.2) is 30.6 Å². The van der Waals surface area contributed by atoms with Crippen molar-refractivity contribution in [3.63, 3.8) is 0 Å². The number of aromatic nitrogens is 5. The molecular weight excluding hydrogens is 436 g/mol. The van der Waals surface area contributed by atoms with E-state index in [4.69, 9.17) is 10.00 Å². The van der Waals surface area contributed by atoms with E-state index in [0.717, 1.165) is 16.7 Å². The van der Waals surface area contributed by atoms with Gasteiger partial charge in [0, 0.05) is 37.8 Å². The summed E-state index contributed by atoms with van der Waals surface area (Å²) in [6.45, 7) is 2.41. The predicted octanol–water partition coefficient (Wildman–Crippen LogP) is 1.62. The van der Waals surface area contributed by atoms with Gasteiger partial charge in [0.2, 0.25) is 5.91 Å². The number of carbonyl (C=O) groups excluding carboxylic acids is 2. The van der Waals surface area contributed by atoms with Crippen LogP contribution in [-0.4, -0.2) is 67.7 Å². The molecule has 0 radical (unpaired) electrons. The van der Waals surface area contributed by atoms with Crippen LogP contribution in [0.5, 0.6) is 5.75 Å². The van der Waals surface area contributed by atoms with E-state index < -0.39 is 11.9 Å². The molecule has 11 heteroatoms. The average Bonchev–Trinajstić information content (AvgIpc) is 3.38. The molecule has 1 fully saturated rings. The molecule has 11 nitrogen and oxygen atoms in total. The van der Waals surface area contributed by atoms with Gasteiger partial charge in [-0.25, -0.2) is 9.97 Å². The molecule has 3 aromatic heterocycles. The van der Waals surface area contributed by atoms with Crippen molar-refractivity contribution in [2.45, 2.75) is 13.0 Å². The van der Waals surface area contributed by atoms with Gasteiger partial charge in [-0.2, -0.15) is 10.4 Å². The number of fused-ring (bicyclic) bond motifs is 2. The predicted molar refractivity (Wildman–Crippen MR) is 123 cm³/mol. The van der Waals surface area contributed by atoms with Crippen LogP contribution in [0.4, 0.5) is 0 Å². The van der Waals surface area contributed by atoms with Gasteiger partial charge in [0.1, 0.15) is 28.7 Å². The molecule has 4 heterocycles. The van der Waals surface area contributed by atoms with Crippen molar-refractivity contribution in [1.29, 1.82) is 5.26 Å². The molecule has 172 valence electrons. The van der Waals surface area contributed by atoms with Crippen LogP contribution in [0.2, 0.25) is 0 Å². The number of nitrogens with zero attached hydrogens (tertiary/aromatic N) is 6. The normalized spacial score (nSPS) is 14.6. The lowest BCUT2D eigenvalue weighted by Gasteiger charge is -2.37. The Hall–Kier alpha value is -4.46.